The molecule has 1 amide bonds. The molecule has 1 aliphatic heterocycles. The van der Waals surface area contributed by atoms with Gasteiger partial charge in [0.1, 0.15) is 0 Å². The number of nitrogens with zero attached hydrogens (tertiary/aromatic N) is 3. The summed E-state index contributed by atoms with van der Waals surface area (Å²) in [5.74, 6) is 0.995. The summed E-state index contributed by atoms with van der Waals surface area (Å²) in [6.07, 6.45) is 7.82. The molecule has 2 fully saturated rings. The minimum atomic E-state index is 0.0494. The number of amides is 1. The van der Waals surface area contributed by atoms with Gasteiger partial charge in [-0.05, 0) is 38.7 Å². The van der Waals surface area contributed by atoms with Gasteiger partial charge in [0.25, 0.3) is 0 Å². The third kappa shape index (κ3) is 2.55. The lowest BCUT2D eigenvalue weighted by molar-refractivity contribution is -0.127. The average Bonchev–Trinajstić information content (AvgIpc) is 2.87. The van der Waals surface area contributed by atoms with E-state index in [9.17, 15) is 4.79 Å². The molecule has 2 aliphatic rings. The van der Waals surface area contributed by atoms with Gasteiger partial charge in [-0.3, -0.25) is 4.79 Å². The Labute approximate surface area is 113 Å². The van der Waals surface area contributed by atoms with Gasteiger partial charge in [-0.1, -0.05) is 0 Å². The van der Waals surface area contributed by atoms with Crippen molar-refractivity contribution in [2.75, 3.05) is 18.0 Å². The molecule has 19 heavy (non-hydrogen) atoms. The molecule has 1 aliphatic carbocycles. The minimum Gasteiger partial charge on any atom is -0.351 e. The van der Waals surface area contributed by atoms with Crippen molar-refractivity contribution in [3.8, 4) is 0 Å². The zero-order valence-electron chi connectivity index (χ0n) is 11.3. The normalized spacial score (nSPS) is 24.9. The summed E-state index contributed by atoms with van der Waals surface area (Å²) in [6, 6.07) is 1.81. The van der Waals surface area contributed by atoms with E-state index in [1.165, 1.54) is 6.42 Å². The highest BCUT2D eigenvalue weighted by molar-refractivity contribution is 5.80. The van der Waals surface area contributed by atoms with Crippen LogP contribution in [-0.4, -0.2) is 34.5 Å². The Morgan fingerprint density at radius 1 is 1.42 bits per heavy atom. The molecule has 1 unspecified atom stereocenters. The van der Waals surface area contributed by atoms with Gasteiger partial charge in [0.2, 0.25) is 11.9 Å². The first-order valence-corrected chi connectivity index (χ1v) is 7.00. The van der Waals surface area contributed by atoms with Gasteiger partial charge in [-0.15, -0.1) is 0 Å². The molecule has 102 valence electrons. The topological polar surface area (TPSA) is 58.1 Å². The van der Waals surface area contributed by atoms with Crippen molar-refractivity contribution in [2.24, 2.45) is 5.92 Å². The predicted octanol–water partition coefficient (Wildman–Crippen LogP) is 1.36. The summed E-state index contributed by atoms with van der Waals surface area (Å²) in [5, 5.41) is 3.20. The van der Waals surface area contributed by atoms with Crippen molar-refractivity contribution in [1.29, 1.82) is 0 Å². The maximum atomic E-state index is 12.3. The second-order valence-electron chi connectivity index (χ2n) is 5.88. The van der Waals surface area contributed by atoms with E-state index in [4.69, 9.17) is 0 Å². The Kier molecular flexibility index (Phi) is 3.12. The van der Waals surface area contributed by atoms with Crippen molar-refractivity contribution in [1.82, 2.24) is 15.3 Å². The number of hydrogen-bond acceptors (Lipinski definition) is 4. The second kappa shape index (κ2) is 4.79. The van der Waals surface area contributed by atoms with E-state index in [1.54, 1.807) is 18.5 Å². The zero-order valence-corrected chi connectivity index (χ0v) is 11.3. The third-order valence-corrected chi connectivity index (χ3v) is 4.28. The van der Waals surface area contributed by atoms with E-state index in [1.807, 2.05) is 0 Å². The molecule has 0 aromatic carbocycles. The second-order valence-corrected chi connectivity index (χ2v) is 5.88. The van der Waals surface area contributed by atoms with E-state index < -0.39 is 0 Å². The lowest BCUT2D eigenvalue weighted by Crippen LogP contribution is -2.53. The SMILES string of the molecule is CC1(NC(=O)C2CCN(c3ncccn3)C2)CCC1. The quantitative estimate of drug-likeness (QED) is 0.891. The Bertz CT molecular complexity index is 458. The lowest BCUT2D eigenvalue weighted by Gasteiger charge is -2.39. The summed E-state index contributed by atoms with van der Waals surface area (Å²) in [4.78, 5) is 22.8. The van der Waals surface area contributed by atoms with Crippen LogP contribution in [0.1, 0.15) is 32.6 Å². The first kappa shape index (κ1) is 12.4. The van der Waals surface area contributed by atoms with E-state index >= 15 is 0 Å². The van der Waals surface area contributed by atoms with Gasteiger partial charge in [0.15, 0.2) is 0 Å². The first-order valence-electron chi connectivity index (χ1n) is 7.00. The molecule has 0 bridgehead atoms. The average molecular weight is 260 g/mol. The molecule has 0 spiro atoms. The van der Waals surface area contributed by atoms with E-state index in [0.29, 0.717) is 0 Å². The van der Waals surface area contributed by atoms with Gasteiger partial charge in [-0.2, -0.15) is 0 Å². The molecule has 5 nitrogen and oxygen atoms in total. The van der Waals surface area contributed by atoms with Crippen molar-refractivity contribution in [2.45, 2.75) is 38.1 Å². The molecule has 3 rings (SSSR count). The zero-order chi connectivity index (χ0) is 13.3. The smallest absolute Gasteiger partial charge is 0.225 e. The number of carbonyl (C=O) groups is 1. The fraction of sp³-hybridized carbons (Fsp3) is 0.643. The highest BCUT2D eigenvalue weighted by Gasteiger charge is 2.37. The van der Waals surface area contributed by atoms with Gasteiger partial charge >= 0.3 is 0 Å². The largest absolute Gasteiger partial charge is 0.351 e. The van der Waals surface area contributed by atoms with Crippen LogP contribution >= 0.6 is 0 Å². The monoisotopic (exact) mass is 260 g/mol. The Hall–Kier alpha value is -1.65. The molecule has 1 aromatic rings. The molecule has 1 aromatic heterocycles. The molecule has 5 heteroatoms. The van der Waals surface area contributed by atoms with Crippen molar-refractivity contribution in [3.63, 3.8) is 0 Å². The van der Waals surface area contributed by atoms with Crippen LogP contribution < -0.4 is 10.2 Å². The van der Waals surface area contributed by atoms with Crippen molar-refractivity contribution >= 4 is 11.9 Å². The molecule has 0 radical (unpaired) electrons. The maximum absolute atomic E-state index is 12.3. The molecular weight excluding hydrogens is 240 g/mol. The maximum Gasteiger partial charge on any atom is 0.225 e. The highest BCUT2D eigenvalue weighted by atomic mass is 16.2. The summed E-state index contributed by atoms with van der Waals surface area (Å²) in [5.41, 5.74) is 0.0494. The molecule has 1 atom stereocenters. The molecule has 1 N–H and O–H groups in total. The van der Waals surface area contributed by atoms with Crippen LogP contribution in [0, 0.1) is 5.92 Å². The van der Waals surface area contributed by atoms with Crippen LogP contribution in [0.5, 0.6) is 0 Å². The molecule has 2 heterocycles. The van der Waals surface area contributed by atoms with E-state index in [0.717, 1.165) is 38.3 Å². The predicted molar refractivity (Wildman–Crippen MR) is 72.8 cm³/mol. The molecule has 1 saturated heterocycles. The number of hydrogen-bond donors (Lipinski definition) is 1. The standard InChI is InChI=1S/C14H20N4O/c1-14(5-2-6-14)17-12(19)11-4-9-18(10-11)13-15-7-3-8-16-13/h3,7-8,11H,2,4-6,9-10H2,1H3,(H,17,19). The van der Waals surface area contributed by atoms with Crippen LogP contribution in [-0.2, 0) is 4.79 Å². The van der Waals surface area contributed by atoms with Crippen molar-refractivity contribution < 1.29 is 4.79 Å². The summed E-state index contributed by atoms with van der Waals surface area (Å²) in [7, 11) is 0. The van der Waals surface area contributed by atoms with Crippen molar-refractivity contribution in [3.05, 3.63) is 18.5 Å². The number of anilines is 1. The van der Waals surface area contributed by atoms with Gasteiger partial charge in [-0.25, -0.2) is 9.97 Å². The lowest BCUT2D eigenvalue weighted by atomic mass is 9.78. The fourth-order valence-electron chi connectivity index (χ4n) is 2.84. The summed E-state index contributed by atoms with van der Waals surface area (Å²) < 4.78 is 0. The third-order valence-electron chi connectivity index (χ3n) is 4.28. The van der Waals surface area contributed by atoms with Crippen LogP contribution in [0.3, 0.4) is 0 Å². The van der Waals surface area contributed by atoms with Crippen LogP contribution in [0.2, 0.25) is 0 Å². The first-order chi connectivity index (χ1) is 9.16. The Morgan fingerprint density at radius 3 is 2.79 bits per heavy atom. The van der Waals surface area contributed by atoms with Gasteiger partial charge < -0.3 is 10.2 Å². The molecule has 1 saturated carbocycles. The molecular formula is C14H20N4O. The number of rotatable bonds is 3. The van der Waals surface area contributed by atoms with Crippen LogP contribution in [0.15, 0.2) is 18.5 Å². The van der Waals surface area contributed by atoms with Crippen LogP contribution in [0.25, 0.3) is 0 Å². The fourth-order valence-corrected chi connectivity index (χ4v) is 2.84. The summed E-state index contributed by atoms with van der Waals surface area (Å²) in [6.45, 7) is 3.73. The number of carbonyl (C=O) groups excluding carboxylic acids is 1. The van der Waals surface area contributed by atoms with Gasteiger partial charge in [0.05, 0.1) is 5.92 Å². The Balaban J connectivity index is 1.58. The number of nitrogens with one attached hydrogen (secondary N) is 1. The number of aromatic nitrogens is 2. The van der Waals surface area contributed by atoms with Crippen LogP contribution in [0.4, 0.5) is 5.95 Å². The minimum absolute atomic E-state index is 0.0494. The van der Waals surface area contributed by atoms with Gasteiger partial charge in [0, 0.05) is 31.0 Å². The Morgan fingerprint density at radius 2 is 2.16 bits per heavy atom. The van der Waals surface area contributed by atoms with E-state index in [2.05, 4.69) is 27.1 Å². The highest BCUT2D eigenvalue weighted by Crippen LogP contribution is 2.32. The van der Waals surface area contributed by atoms with E-state index in [-0.39, 0.29) is 17.4 Å². The summed E-state index contributed by atoms with van der Waals surface area (Å²) >= 11 is 0.